The molecule has 1 heterocycles. The van der Waals surface area contributed by atoms with Gasteiger partial charge in [-0.3, -0.25) is 0 Å². The third-order valence-corrected chi connectivity index (χ3v) is 3.00. The van der Waals surface area contributed by atoms with Crippen molar-refractivity contribution in [2.45, 2.75) is 0 Å². The topological polar surface area (TPSA) is 47.0 Å². The van der Waals surface area contributed by atoms with Crippen LogP contribution >= 0.6 is 0 Å². The fraction of sp³-hybridized carbons (Fsp3) is 0. The van der Waals surface area contributed by atoms with E-state index in [-0.39, 0.29) is 0 Å². The summed E-state index contributed by atoms with van der Waals surface area (Å²) in [5.41, 5.74) is 2.54. The van der Waals surface area contributed by atoms with Crippen LogP contribution in [0.3, 0.4) is 0 Å². The second-order valence-electron chi connectivity index (χ2n) is 4.64. The van der Waals surface area contributed by atoms with Crippen molar-refractivity contribution in [2.24, 2.45) is 0 Å². The minimum atomic E-state index is 0.731. The molecule has 0 fully saturated rings. The van der Waals surface area contributed by atoms with Gasteiger partial charge < -0.3 is 10.1 Å². The number of nitrogens with one attached hydrogen (secondary N) is 1. The number of ether oxygens (including phenoxy) is 1. The highest BCUT2D eigenvalue weighted by atomic mass is 16.5. The molecule has 2 aromatic carbocycles. The molecule has 0 saturated heterocycles. The van der Waals surface area contributed by atoms with E-state index < -0.39 is 0 Å². The molecule has 4 nitrogen and oxygen atoms in total. The molecule has 108 valence electrons. The first kappa shape index (κ1) is 13.8. The van der Waals surface area contributed by atoms with E-state index in [1.807, 2.05) is 60.7 Å². The van der Waals surface area contributed by atoms with Gasteiger partial charge >= 0.3 is 0 Å². The molecule has 0 spiro atoms. The first-order chi connectivity index (χ1) is 10.8. The Bertz CT molecular complexity index is 755. The molecular weight excluding hydrogens is 274 g/mol. The van der Waals surface area contributed by atoms with Crippen LogP contribution in [0.15, 0.2) is 73.4 Å². The number of anilines is 2. The van der Waals surface area contributed by atoms with Crippen molar-refractivity contribution in [2.75, 3.05) is 5.32 Å². The summed E-state index contributed by atoms with van der Waals surface area (Å²) in [4.78, 5) is 0. The van der Waals surface area contributed by atoms with Crippen molar-refractivity contribution in [1.82, 2.24) is 10.2 Å². The predicted octanol–water partition coefficient (Wildman–Crippen LogP) is 4.66. The van der Waals surface area contributed by atoms with Gasteiger partial charge in [0.2, 0.25) is 0 Å². The van der Waals surface area contributed by atoms with Gasteiger partial charge in [0.05, 0.1) is 17.6 Å². The van der Waals surface area contributed by atoms with E-state index in [2.05, 4.69) is 22.1 Å². The summed E-state index contributed by atoms with van der Waals surface area (Å²) in [5, 5.41) is 11.1. The summed E-state index contributed by atoms with van der Waals surface area (Å²) in [6, 6.07) is 19.3. The zero-order valence-corrected chi connectivity index (χ0v) is 11.9. The lowest BCUT2D eigenvalue weighted by Gasteiger charge is -2.08. The summed E-state index contributed by atoms with van der Waals surface area (Å²) in [5.74, 6) is 1.61. The van der Waals surface area contributed by atoms with Crippen molar-refractivity contribution in [3.05, 3.63) is 79.1 Å². The van der Waals surface area contributed by atoms with Gasteiger partial charge in [0.1, 0.15) is 11.5 Å². The number of hydrogen-bond donors (Lipinski definition) is 1. The smallest absolute Gasteiger partial charge is 0.127 e. The summed E-state index contributed by atoms with van der Waals surface area (Å²) >= 11 is 0. The molecule has 1 N–H and O–H groups in total. The molecule has 0 aliphatic rings. The van der Waals surface area contributed by atoms with E-state index in [0.29, 0.717) is 0 Å². The van der Waals surface area contributed by atoms with Gasteiger partial charge in [-0.25, -0.2) is 0 Å². The lowest BCUT2D eigenvalue weighted by Crippen LogP contribution is -1.94. The number of hydrogen-bond acceptors (Lipinski definition) is 4. The standard InChI is InChI=1S/C18H15N3O/c1-2-14-12-16(13-19-21-14)20-15-8-10-18(11-9-15)22-17-6-4-3-5-7-17/h2-13H,1H2,(H,20,21). The number of nitrogens with zero attached hydrogens (tertiary/aromatic N) is 2. The number of rotatable bonds is 5. The third-order valence-electron chi connectivity index (χ3n) is 3.00. The van der Waals surface area contributed by atoms with E-state index in [0.717, 1.165) is 28.6 Å². The van der Waals surface area contributed by atoms with Crippen LogP contribution in [0.25, 0.3) is 6.08 Å². The van der Waals surface area contributed by atoms with Crippen LogP contribution in [0.1, 0.15) is 5.69 Å². The van der Waals surface area contributed by atoms with Crippen LogP contribution in [0.4, 0.5) is 11.4 Å². The highest BCUT2D eigenvalue weighted by Crippen LogP contribution is 2.24. The Kier molecular flexibility index (Phi) is 4.11. The van der Waals surface area contributed by atoms with Crippen molar-refractivity contribution in [1.29, 1.82) is 0 Å². The zero-order chi connectivity index (χ0) is 15.2. The second kappa shape index (κ2) is 6.54. The Hall–Kier alpha value is -3.14. The van der Waals surface area contributed by atoms with Crippen LogP contribution in [0, 0.1) is 0 Å². The summed E-state index contributed by atoms with van der Waals surface area (Å²) in [6.45, 7) is 3.68. The molecule has 0 amide bonds. The maximum Gasteiger partial charge on any atom is 0.127 e. The van der Waals surface area contributed by atoms with E-state index >= 15 is 0 Å². The summed E-state index contributed by atoms with van der Waals surface area (Å²) in [6.07, 6.45) is 3.33. The highest BCUT2D eigenvalue weighted by molar-refractivity contribution is 5.61. The molecule has 22 heavy (non-hydrogen) atoms. The maximum atomic E-state index is 5.76. The number of benzene rings is 2. The lowest BCUT2D eigenvalue weighted by atomic mass is 10.2. The van der Waals surface area contributed by atoms with Gasteiger partial charge in [-0.2, -0.15) is 10.2 Å². The van der Waals surface area contributed by atoms with Crippen molar-refractivity contribution < 1.29 is 4.74 Å². The molecule has 0 bridgehead atoms. The lowest BCUT2D eigenvalue weighted by molar-refractivity contribution is 0.483. The molecule has 4 heteroatoms. The molecule has 0 radical (unpaired) electrons. The van der Waals surface area contributed by atoms with E-state index in [4.69, 9.17) is 4.74 Å². The molecule has 0 aliphatic heterocycles. The van der Waals surface area contributed by atoms with Gasteiger partial charge in [0.25, 0.3) is 0 Å². The molecule has 0 aliphatic carbocycles. The van der Waals surface area contributed by atoms with Crippen LogP contribution in [-0.4, -0.2) is 10.2 Å². The van der Waals surface area contributed by atoms with Crippen molar-refractivity contribution >= 4 is 17.5 Å². The monoisotopic (exact) mass is 289 g/mol. The van der Waals surface area contributed by atoms with E-state index in [1.54, 1.807) is 12.3 Å². The molecule has 0 saturated carbocycles. The average molecular weight is 289 g/mol. The predicted molar refractivity (Wildman–Crippen MR) is 88.4 cm³/mol. The van der Waals surface area contributed by atoms with Crippen molar-refractivity contribution in [3.8, 4) is 11.5 Å². The fourth-order valence-corrected chi connectivity index (χ4v) is 1.95. The summed E-state index contributed by atoms with van der Waals surface area (Å²) in [7, 11) is 0. The molecule has 0 unspecified atom stereocenters. The fourth-order valence-electron chi connectivity index (χ4n) is 1.95. The van der Waals surface area contributed by atoms with Gasteiger partial charge in [0, 0.05) is 5.69 Å². The van der Waals surface area contributed by atoms with Crippen LogP contribution < -0.4 is 10.1 Å². The molecule has 0 atom stereocenters. The van der Waals surface area contributed by atoms with E-state index in [9.17, 15) is 0 Å². The van der Waals surface area contributed by atoms with Gasteiger partial charge in [0.15, 0.2) is 0 Å². The van der Waals surface area contributed by atoms with Gasteiger partial charge in [-0.15, -0.1) is 0 Å². The Morgan fingerprint density at radius 1 is 0.909 bits per heavy atom. The number of para-hydroxylation sites is 1. The van der Waals surface area contributed by atoms with E-state index in [1.165, 1.54) is 0 Å². The Balaban J connectivity index is 1.70. The molecular formula is C18H15N3O. The molecule has 3 aromatic rings. The van der Waals surface area contributed by atoms with Crippen molar-refractivity contribution in [3.63, 3.8) is 0 Å². The minimum Gasteiger partial charge on any atom is -0.457 e. The third kappa shape index (κ3) is 3.49. The molecule has 1 aromatic heterocycles. The average Bonchev–Trinajstić information content (AvgIpc) is 2.58. The van der Waals surface area contributed by atoms with Gasteiger partial charge in [-0.1, -0.05) is 24.8 Å². The maximum absolute atomic E-state index is 5.76. The normalized spacial score (nSPS) is 10.0. The quantitative estimate of drug-likeness (QED) is 0.742. The Morgan fingerprint density at radius 3 is 2.36 bits per heavy atom. The Morgan fingerprint density at radius 2 is 1.64 bits per heavy atom. The zero-order valence-electron chi connectivity index (χ0n) is 11.9. The first-order valence-electron chi connectivity index (χ1n) is 6.89. The first-order valence-corrected chi connectivity index (χ1v) is 6.89. The molecule has 3 rings (SSSR count). The van der Waals surface area contributed by atoms with Crippen LogP contribution in [-0.2, 0) is 0 Å². The largest absolute Gasteiger partial charge is 0.457 e. The number of aromatic nitrogens is 2. The Labute approximate surface area is 129 Å². The van der Waals surface area contributed by atoms with Crippen LogP contribution in [0.2, 0.25) is 0 Å². The highest BCUT2D eigenvalue weighted by Gasteiger charge is 1.99. The van der Waals surface area contributed by atoms with Crippen LogP contribution in [0.5, 0.6) is 11.5 Å². The SMILES string of the molecule is C=Cc1cc(Nc2ccc(Oc3ccccc3)cc2)cnn1. The second-order valence-corrected chi connectivity index (χ2v) is 4.64. The van der Waals surface area contributed by atoms with Gasteiger partial charge in [-0.05, 0) is 48.5 Å². The minimum absolute atomic E-state index is 0.731. The summed E-state index contributed by atoms with van der Waals surface area (Å²) < 4.78 is 5.76.